The second-order valence-electron chi connectivity index (χ2n) is 5.18. The number of nitrogen functional groups attached to an aromatic ring is 2. The first-order valence-electron chi connectivity index (χ1n) is 7.69. The van der Waals surface area contributed by atoms with Gasteiger partial charge in [-0.3, -0.25) is 9.78 Å². The van der Waals surface area contributed by atoms with Gasteiger partial charge in [-0.2, -0.15) is 0 Å². The molecule has 8 heteroatoms. The zero-order valence-electron chi connectivity index (χ0n) is 13.6. The Balaban J connectivity index is 2.13. The summed E-state index contributed by atoms with van der Waals surface area (Å²) in [7, 11) is 0. The number of nitrogens with one attached hydrogen (secondary N) is 2. The van der Waals surface area contributed by atoms with Crippen LogP contribution in [0.4, 0.5) is 11.5 Å². The first-order valence-corrected chi connectivity index (χ1v) is 7.69. The molecule has 0 spiro atoms. The maximum atomic E-state index is 12.0. The van der Waals surface area contributed by atoms with Gasteiger partial charge in [-0.05, 0) is 31.2 Å². The van der Waals surface area contributed by atoms with Crippen LogP contribution in [0.25, 0.3) is 22.6 Å². The van der Waals surface area contributed by atoms with Crippen molar-refractivity contribution in [3.8, 4) is 28.4 Å². The van der Waals surface area contributed by atoms with E-state index in [1.54, 1.807) is 6.20 Å². The Hall–Kier alpha value is -3.39. The molecular formula is C17H18N6O2. The van der Waals surface area contributed by atoms with Gasteiger partial charge in [0.2, 0.25) is 0 Å². The highest BCUT2D eigenvalue weighted by Crippen LogP contribution is 2.32. The van der Waals surface area contributed by atoms with Gasteiger partial charge in [0.15, 0.2) is 5.82 Å². The van der Waals surface area contributed by atoms with Crippen molar-refractivity contribution < 1.29 is 4.74 Å². The number of nitrogens with two attached hydrogens (primary N) is 2. The maximum absolute atomic E-state index is 12.0. The van der Waals surface area contributed by atoms with Crippen molar-refractivity contribution in [1.82, 2.24) is 15.0 Å². The summed E-state index contributed by atoms with van der Waals surface area (Å²) in [6.07, 6.45) is 1.72. The highest BCUT2D eigenvalue weighted by molar-refractivity contribution is 5.73. The zero-order chi connectivity index (χ0) is 17.8. The highest BCUT2D eigenvalue weighted by atomic mass is 16.5. The molecule has 25 heavy (non-hydrogen) atoms. The lowest BCUT2D eigenvalue weighted by Crippen LogP contribution is -2.20. The van der Waals surface area contributed by atoms with E-state index in [0.717, 1.165) is 11.3 Å². The zero-order valence-corrected chi connectivity index (χ0v) is 13.6. The third-order valence-corrected chi connectivity index (χ3v) is 3.59. The number of ether oxygens (including phenoxy) is 1. The van der Waals surface area contributed by atoms with Gasteiger partial charge in [0.05, 0.1) is 17.9 Å². The molecule has 0 aliphatic rings. The third-order valence-electron chi connectivity index (χ3n) is 3.59. The molecule has 6 N–H and O–H groups in total. The van der Waals surface area contributed by atoms with Crippen LogP contribution in [-0.2, 0) is 0 Å². The van der Waals surface area contributed by atoms with Crippen LogP contribution >= 0.6 is 0 Å². The fraction of sp³-hybridized carbons (Fsp3) is 0.118. The molecule has 0 atom stereocenters. The first-order chi connectivity index (χ1) is 12.1. The SMILES string of the molecule is CCOc1cc(-c2ccccn2)ccc1-c1nc(NN)c(N)c(=O)[nH]1. The molecule has 128 valence electrons. The number of anilines is 2. The van der Waals surface area contributed by atoms with Crippen molar-refractivity contribution >= 4 is 11.5 Å². The topological polar surface area (TPSA) is 132 Å². The third kappa shape index (κ3) is 3.29. The minimum absolute atomic E-state index is 0.0747. The van der Waals surface area contributed by atoms with Crippen LogP contribution in [0.5, 0.6) is 5.75 Å². The molecule has 0 fully saturated rings. The Bertz CT molecular complexity index is 940. The Kier molecular flexibility index (Phi) is 4.62. The molecule has 3 rings (SSSR count). The van der Waals surface area contributed by atoms with E-state index in [4.69, 9.17) is 16.3 Å². The molecule has 0 aliphatic heterocycles. The first kappa shape index (κ1) is 16.5. The molecule has 0 amide bonds. The molecule has 0 radical (unpaired) electrons. The second kappa shape index (κ2) is 7.02. The Morgan fingerprint density at radius 2 is 2.12 bits per heavy atom. The average Bonchev–Trinajstić information content (AvgIpc) is 2.65. The van der Waals surface area contributed by atoms with Gasteiger partial charge in [0, 0.05) is 11.8 Å². The van der Waals surface area contributed by atoms with Gasteiger partial charge in [-0.15, -0.1) is 0 Å². The number of H-pyrrole nitrogens is 1. The predicted molar refractivity (Wildman–Crippen MR) is 96.9 cm³/mol. The predicted octanol–water partition coefficient (Wildman–Crippen LogP) is 1.77. The molecule has 8 nitrogen and oxygen atoms in total. The fourth-order valence-corrected chi connectivity index (χ4v) is 2.41. The quantitative estimate of drug-likeness (QED) is 0.411. The van der Waals surface area contributed by atoms with Gasteiger partial charge < -0.3 is 20.9 Å². The van der Waals surface area contributed by atoms with Crippen LogP contribution in [0.1, 0.15) is 6.92 Å². The van der Waals surface area contributed by atoms with Crippen LogP contribution in [0.3, 0.4) is 0 Å². The van der Waals surface area contributed by atoms with Crippen molar-refractivity contribution in [3.05, 3.63) is 52.9 Å². The van der Waals surface area contributed by atoms with Crippen molar-refractivity contribution in [3.63, 3.8) is 0 Å². The molecule has 0 bridgehead atoms. The maximum Gasteiger partial charge on any atom is 0.276 e. The number of hydrazine groups is 1. The molecule has 1 aromatic carbocycles. The number of hydrogen-bond donors (Lipinski definition) is 4. The lowest BCUT2D eigenvalue weighted by atomic mass is 10.1. The van der Waals surface area contributed by atoms with Crippen LogP contribution < -0.4 is 27.3 Å². The summed E-state index contributed by atoms with van der Waals surface area (Å²) < 4.78 is 5.72. The Morgan fingerprint density at radius 1 is 1.28 bits per heavy atom. The number of benzene rings is 1. The second-order valence-corrected chi connectivity index (χ2v) is 5.18. The molecule has 0 saturated carbocycles. The van der Waals surface area contributed by atoms with Crippen LogP contribution in [-0.4, -0.2) is 21.6 Å². The number of aromatic amines is 1. The molecule has 2 heterocycles. The Morgan fingerprint density at radius 3 is 2.80 bits per heavy atom. The van der Waals surface area contributed by atoms with Crippen molar-refractivity contribution in [2.75, 3.05) is 17.8 Å². The van der Waals surface area contributed by atoms with E-state index < -0.39 is 5.56 Å². The van der Waals surface area contributed by atoms with Crippen LogP contribution in [0.15, 0.2) is 47.4 Å². The average molecular weight is 338 g/mol. The largest absolute Gasteiger partial charge is 0.493 e. The number of nitrogens with zero attached hydrogens (tertiary/aromatic N) is 2. The summed E-state index contributed by atoms with van der Waals surface area (Å²) in [5, 5.41) is 0. The highest BCUT2D eigenvalue weighted by Gasteiger charge is 2.14. The van der Waals surface area contributed by atoms with Crippen molar-refractivity contribution in [2.24, 2.45) is 5.84 Å². The van der Waals surface area contributed by atoms with Gasteiger partial charge in [-0.1, -0.05) is 12.1 Å². The smallest absolute Gasteiger partial charge is 0.276 e. The molecule has 2 aromatic heterocycles. The lowest BCUT2D eigenvalue weighted by molar-refractivity contribution is 0.341. The van der Waals surface area contributed by atoms with Crippen LogP contribution in [0, 0.1) is 0 Å². The lowest BCUT2D eigenvalue weighted by Gasteiger charge is -2.13. The molecule has 0 aliphatic carbocycles. The fourth-order valence-electron chi connectivity index (χ4n) is 2.41. The monoisotopic (exact) mass is 338 g/mol. The minimum atomic E-state index is -0.478. The van der Waals surface area contributed by atoms with E-state index in [-0.39, 0.29) is 11.5 Å². The summed E-state index contributed by atoms with van der Waals surface area (Å²) >= 11 is 0. The number of pyridine rings is 1. The summed E-state index contributed by atoms with van der Waals surface area (Å²) in [6.45, 7) is 2.34. The number of aromatic nitrogens is 3. The van der Waals surface area contributed by atoms with E-state index in [0.29, 0.717) is 23.7 Å². The van der Waals surface area contributed by atoms with Gasteiger partial charge in [-0.25, -0.2) is 10.8 Å². The van der Waals surface area contributed by atoms with Gasteiger partial charge >= 0.3 is 0 Å². The van der Waals surface area contributed by atoms with Crippen LogP contribution in [0.2, 0.25) is 0 Å². The summed E-state index contributed by atoms with van der Waals surface area (Å²) in [5.41, 5.74) is 9.75. The summed E-state index contributed by atoms with van der Waals surface area (Å²) in [6, 6.07) is 11.2. The van der Waals surface area contributed by atoms with E-state index in [2.05, 4.69) is 20.4 Å². The standard InChI is InChI=1S/C17H18N6O2/c1-2-25-13-9-10(12-5-3-4-8-20-12)6-7-11(13)15-21-16(23-19)14(18)17(24)22-15/h3-9H,2,18-19H2,1H3,(H2,21,22,23,24). The number of rotatable bonds is 5. The molecule has 0 unspecified atom stereocenters. The number of hydrogen-bond acceptors (Lipinski definition) is 7. The summed E-state index contributed by atoms with van der Waals surface area (Å²) in [5.74, 6) is 6.36. The Labute approximate surface area is 143 Å². The van der Waals surface area contributed by atoms with E-state index in [1.807, 2.05) is 43.3 Å². The van der Waals surface area contributed by atoms with E-state index >= 15 is 0 Å². The van der Waals surface area contributed by atoms with E-state index in [9.17, 15) is 4.79 Å². The molecular weight excluding hydrogens is 320 g/mol. The summed E-state index contributed by atoms with van der Waals surface area (Å²) in [4.78, 5) is 23.2. The van der Waals surface area contributed by atoms with E-state index in [1.165, 1.54) is 0 Å². The molecule has 3 aromatic rings. The van der Waals surface area contributed by atoms with Gasteiger partial charge in [0.25, 0.3) is 5.56 Å². The van der Waals surface area contributed by atoms with Crippen molar-refractivity contribution in [1.29, 1.82) is 0 Å². The van der Waals surface area contributed by atoms with Crippen molar-refractivity contribution in [2.45, 2.75) is 6.92 Å². The molecule has 0 saturated heterocycles. The normalized spacial score (nSPS) is 10.5. The minimum Gasteiger partial charge on any atom is -0.493 e. The van der Waals surface area contributed by atoms with Gasteiger partial charge in [0.1, 0.15) is 17.3 Å².